The number of sulfonamides is 1. The van der Waals surface area contributed by atoms with Gasteiger partial charge in [-0.25, -0.2) is 8.42 Å². The second kappa shape index (κ2) is 5.94. The molecule has 0 amide bonds. The smallest absolute Gasteiger partial charge is 0.305 e. The van der Waals surface area contributed by atoms with Gasteiger partial charge in [0.25, 0.3) is 0 Å². The fourth-order valence-corrected chi connectivity index (χ4v) is 1.74. The zero-order chi connectivity index (χ0) is 11.2. The van der Waals surface area contributed by atoms with E-state index in [1.807, 2.05) is 0 Å². The monoisotopic (exact) mass is 225 g/mol. The van der Waals surface area contributed by atoms with Gasteiger partial charge < -0.3 is 4.74 Å². The van der Waals surface area contributed by atoms with Crippen molar-refractivity contribution in [2.24, 2.45) is 0 Å². The molecule has 0 radical (unpaired) electrons. The summed E-state index contributed by atoms with van der Waals surface area (Å²) in [5, 5.41) is 0. The fraction of sp³-hybridized carbons (Fsp3) is 0.857. The number of nitrogens with zero attached hydrogens (tertiary/aromatic N) is 1. The second-order valence-corrected chi connectivity index (χ2v) is 4.67. The molecule has 0 aromatic carbocycles. The van der Waals surface area contributed by atoms with Gasteiger partial charge in [0.1, 0.15) is 0 Å². The maximum absolute atomic E-state index is 11.3. The topological polar surface area (TPSA) is 72.9 Å². The van der Waals surface area contributed by atoms with Gasteiger partial charge in [-0.05, 0) is 6.42 Å². The third-order valence-electron chi connectivity index (χ3n) is 1.66. The van der Waals surface area contributed by atoms with Crippen LogP contribution in [-0.2, 0) is 24.4 Å². The number of hydrogen-bond donors (Lipinski definition) is 0. The first-order valence-electron chi connectivity index (χ1n) is 4.01. The lowest BCUT2D eigenvalue weighted by Gasteiger charge is -2.13. The van der Waals surface area contributed by atoms with Gasteiger partial charge in [-0.3, -0.25) is 9.63 Å². The molecular weight excluding hydrogens is 210 g/mol. The van der Waals surface area contributed by atoms with Crippen molar-refractivity contribution in [3.8, 4) is 0 Å². The second-order valence-electron chi connectivity index (χ2n) is 2.59. The van der Waals surface area contributed by atoms with Crippen LogP contribution in [0.1, 0.15) is 12.8 Å². The third kappa shape index (κ3) is 4.54. The molecule has 0 aliphatic carbocycles. The van der Waals surface area contributed by atoms with Crippen LogP contribution in [0.5, 0.6) is 0 Å². The van der Waals surface area contributed by atoms with Crippen molar-refractivity contribution in [2.45, 2.75) is 12.8 Å². The number of carbonyl (C=O) groups is 1. The maximum atomic E-state index is 11.3. The molecule has 0 aromatic rings. The minimum Gasteiger partial charge on any atom is -0.469 e. The maximum Gasteiger partial charge on any atom is 0.305 e. The molecular formula is C7H15NO5S. The predicted molar refractivity (Wildman–Crippen MR) is 49.8 cm³/mol. The van der Waals surface area contributed by atoms with Crippen LogP contribution in [0.3, 0.4) is 0 Å². The molecule has 14 heavy (non-hydrogen) atoms. The number of hydrogen-bond acceptors (Lipinski definition) is 5. The Morgan fingerprint density at radius 2 is 1.93 bits per heavy atom. The molecule has 0 unspecified atom stereocenters. The first kappa shape index (κ1) is 13.3. The lowest BCUT2D eigenvalue weighted by molar-refractivity contribution is -0.140. The highest BCUT2D eigenvalue weighted by atomic mass is 32.2. The van der Waals surface area contributed by atoms with Gasteiger partial charge in [-0.2, -0.15) is 0 Å². The Labute approximate surface area is 83.8 Å². The Hall–Kier alpha value is -0.660. The highest BCUT2D eigenvalue weighted by Crippen LogP contribution is 2.02. The van der Waals surface area contributed by atoms with Crippen LogP contribution in [0.4, 0.5) is 0 Å². The minimum absolute atomic E-state index is 0.0906. The fourth-order valence-electron chi connectivity index (χ4n) is 0.743. The van der Waals surface area contributed by atoms with Crippen LogP contribution in [0, 0.1) is 0 Å². The van der Waals surface area contributed by atoms with E-state index in [0.717, 1.165) is 4.47 Å². The molecule has 0 rings (SSSR count). The van der Waals surface area contributed by atoms with Gasteiger partial charge in [0.15, 0.2) is 0 Å². The van der Waals surface area contributed by atoms with Crippen molar-refractivity contribution in [1.29, 1.82) is 0 Å². The summed E-state index contributed by atoms with van der Waals surface area (Å²) in [6.45, 7) is 0. The zero-order valence-electron chi connectivity index (χ0n) is 8.52. The highest BCUT2D eigenvalue weighted by molar-refractivity contribution is 7.88. The standard InChI is InChI=1S/C7H15NO5S/c1-8(13-3)14(10,11)6-4-5-7(9)12-2/h4-6H2,1-3H3. The Bertz CT molecular complexity index is 274. The van der Waals surface area contributed by atoms with E-state index in [1.54, 1.807) is 0 Å². The molecule has 0 saturated carbocycles. The zero-order valence-corrected chi connectivity index (χ0v) is 9.33. The molecule has 0 spiro atoms. The summed E-state index contributed by atoms with van der Waals surface area (Å²) < 4.78 is 27.7. The van der Waals surface area contributed by atoms with Crippen LogP contribution in [0.15, 0.2) is 0 Å². The first-order valence-corrected chi connectivity index (χ1v) is 5.62. The number of methoxy groups -OCH3 is 1. The van der Waals surface area contributed by atoms with E-state index in [2.05, 4.69) is 9.57 Å². The Morgan fingerprint density at radius 3 is 2.36 bits per heavy atom. The van der Waals surface area contributed by atoms with E-state index in [-0.39, 0.29) is 18.6 Å². The average Bonchev–Trinajstić information content (AvgIpc) is 2.15. The van der Waals surface area contributed by atoms with Gasteiger partial charge in [0, 0.05) is 13.5 Å². The van der Waals surface area contributed by atoms with Crippen molar-refractivity contribution in [2.75, 3.05) is 27.0 Å². The van der Waals surface area contributed by atoms with Crippen LogP contribution < -0.4 is 0 Å². The number of esters is 1. The average molecular weight is 225 g/mol. The molecule has 0 aliphatic heterocycles. The van der Waals surface area contributed by atoms with E-state index in [1.165, 1.54) is 21.3 Å². The summed E-state index contributed by atoms with van der Waals surface area (Å²) in [5.74, 6) is -0.549. The molecule has 0 N–H and O–H groups in total. The number of ether oxygens (including phenoxy) is 1. The van der Waals surface area contributed by atoms with Crippen molar-refractivity contribution < 1.29 is 22.8 Å². The van der Waals surface area contributed by atoms with Crippen molar-refractivity contribution >= 4 is 16.0 Å². The number of rotatable bonds is 6. The third-order valence-corrected chi connectivity index (χ3v) is 3.40. The van der Waals surface area contributed by atoms with E-state index < -0.39 is 16.0 Å². The molecule has 0 aromatic heterocycles. The van der Waals surface area contributed by atoms with E-state index in [9.17, 15) is 13.2 Å². The summed E-state index contributed by atoms with van der Waals surface area (Å²) in [4.78, 5) is 15.2. The first-order chi connectivity index (χ1) is 6.44. The lowest BCUT2D eigenvalue weighted by Crippen LogP contribution is -2.28. The van der Waals surface area contributed by atoms with Crippen LogP contribution >= 0.6 is 0 Å². The Balaban J connectivity index is 3.95. The van der Waals surface area contributed by atoms with E-state index in [4.69, 9.17) is 0 Å². The molecule has 0 bridgehead atoms. The van der Waals surface area contributed by atoms with Gasteiger partial charge in [-0.15, -0.1) is 0 Å². The summed E-state index contributed by atoms with van der Waals surface area (Å²) in [6.07, 6.45) is 0.315. The van der Waals surface area contributed by atoms with Crippen LogP contribution in [-0.4, -0.2) is 45.9 Å². The van der Waals surface area contributed by atoms with Crippen molar-refractivity contribution in [3.63, 3.8) is 0 Å². The minimum atomic E-state index is -3.41. The molecule has 0 atom stereocenters. The summed E-state index contributed by atoms with van der Waals surface area (Å²) >= 11 is 0. The summed E-state index contributed by atoms with van der Waals surface area (Å²) in [7, 11) is 0.412. The molecule has 0 fully saturated rings. The SMILES string of the molecule is COC(=O)CCCS(=O)(=O)N(C)OC. The lowest BCUT2D eigenvalue weighted by atomic mass is 10.3. The summed E-state index contributed by atoms with van der Waals surface area (Å²) in [5.41, 5.74) is 0. The highest BCUT2D eigenvalue weighted by Gasteiger charge is 2.17. The summed E-state index contributed by atoms with van der Waals surface area (Å²) in [6, 6.07) is 0. The van der Waals surface area contributed by atoms with E-state index >= 15 is 0 Å². The molecule has 84 valence electrons. The van der Waals surface area contributed by atoms with Gasteiger partial charge in [0.2, 0.25) is 10.0 Å². The Morgan fingerprint density at radius 1 is 1.36 bits per heavy atom. The Kier molecular flexibility index (Phi) is 5.66. The quantitative estimate of drug-likeness (QED) is 0.461. The largest absolute Gasteiger partial charge is 0.469 e. The van der Waals surface area contributed by atoms with Crippen LogP contribution in [0.25, 0.3) is 0 Å². The van der Waals surface area contributed by atoms with Gasteiger partial charge >= 0.3 is 5.97 Å². The van der Waals surface area contributed by atoms with Crippen LogP contribution in [0.2, 0.25) is 0 Å². The molecule has 0 heterocycles. The molecule has 0 aliphatic rings. The number of hydroxylamine groups is 1. The van der Waals surface area contributed by atoms with Gasteiger partial charge in [0.05, 0.1) is 20.0 Å². The normalized spacial score (nSPS) is 11.7. The molecule has 0 saturated heterocycles. The van der Waals surface area contributed by atoms with E-state index in [0.29, 0.717) is 0 Å². The predicted octanol–water partition coefficient (Wildman–Crippen LogP) is -0.237. The molecule has 6 nitrogen and oxygen atoms in total. The number of carbonyl (C=O) groups excluding carboxylic acids is 1. The van der Waals surface area contributed by atoms with Crippen molar-refractivity contribution in [3.05, 3.63) is 0 Å². The van der Waals surface area contributed by atoms with Crippen molar-refractivity contribution in [1.82, 2.24) is 4.47 Å². The molecule has 7 heteroatoms. The van der Waals surface area contributed by atoms with Gasteiger partial charge in [-0.1, -0.05) is 4.47 Å².